The molecule has 1 fully saturated rings. The van der Waals surface area contributed by atoms with Crippen molar-refractivity contribution in [1.29, 1.82) is 5.26 Å². The van der Waals surface area contributed by atoms with Gasteiger partial charge in [-0.2, -0.15) is 5.26 Å². The van der Waals surface area contributed by atoms with Gasteiger partial charge in [-0.3, -0.25) is 0 Å². The maximum Gasteiger partial charge on any atom is 0.144 e. The van der Waals surface area contributed by atoms with Crippen molar-refractivity contribution in [2.75, 3.05) is 0 Å². The van der Waals surface area contributed by atoms with E-state index in [2.05, 4.69) is 6.92 Å². The molecule has 3 heteroatoms. The third-order valence-electron chi connectivity index (χ3n) is 3.66. The molecule has 0 spiro atoms. The topological polar surface area (TPSA) is 23.8 Å². The number of benzene rings is 1. The van der Waals surface area contributed by atoms with Crippen LogP contribution in [0.4, 0.5) is 8.78 Å². The van der Waals surface area contributed by atoms with Crippen LogP contribution in [0.3, 0.4) is 0 Å². The van der Waals surface area contributed by atoms with E-state index in [1.807, 2.05) is 13.8 Å². The molecule has 19 heavy (non-hydrogen) atoms. The normalized spacial score (nSPS) is 22.1. The molecule has 1 aromatic carbocycles. The molecule has 0 heterocycles. The first-order chi connectivity index (χ1) is 9.11. The molecular formula is C16H21F2N. The number of hydrogen-bond donors (Lipinski definition) is 0. The summed E-state index contributed by atoms with van der Waals surface area (Å²) < 4.78 is 27.0. The van der Waals surface area contributed by atoms with Gasteiger partial charge in [0.25, 0.3) is 0 Å². The lowest BCUT2D eigenvalue weighted by atomic mass is 9.79. The smallest absolute Gasteiger partial charge is 0.144 e. The Hall–Kier alpha value is -1.43. The van der Waals surface area contributed by atoms with E-state index < -0.39 is 17.2 Å². The molecule has 104 valence electrons. The molecule has 0 aliphatic heterocycles. The monoisotopic (exact) mass is 265 g/mol. The van der Waals surface area contributed by atoms with Gasteiger partial charge in [0.15, 0.2) is 0 Å². The minimum atomic E-state index is -0.735. The summed E-state index contributed by atoms with van der Waals surface area (Å²) in [5, 5.41) is 8.61. The molecule has 1 aromatic rings. The third-order valence-corrected chi connectivity index (χ3v) is 3.66. The van der Waals surface area contributed by atoms with E-state index in [1.165, 1.54) is 12.1 Å². The highest BCUT2D eigenvalue weighted by atomic mass is 19.1. The zero-order valence-electron chi connectivity index (χ0n) is 11.8. The van der Waals surface area contributed by atoms with E-state index in [0.29, 0.717) is 11.5 Å². The summed E-state index contributed by atoms with van der Waals surface area (Å²) in [4.78, 5) is 0. The summed E-state index contributed by atoms with van der Waals surface area (Å²) in [6.45, 7) is 6.20. The summed E-state index contributed by atoms with van der Waals surface area (Å²) in [6, 6.07) is 4.19. The average molecular weight is 265 g/mol. The highest BCUT2D eigenvalue weighted by Gasteiger charge is 2.22. The maximum absolute atomic E-state index is 13.5. The van der Waals surface area contributed by atoms with Gasteiger partial charge in [-0.25, -0.2) is 8.78 Å². The van der Waals surface area contributed by atoms with Crippen LogP contribution in [-0.4, -0.2) is 0 Å². The molecule has 1 saturated carbocycles. The predicted octanol–water partition coefficient (Wildman–Crippen LogP) is 5.16. The molecule has 0 amide bonds. The van der Waals surface area contributed by atoms with Crippen LogP contribution >= 0.6 is 0 Å². The van der Waals surface area contributed by atoms with E-state index in [9.17, 15) is 8.78 Å². The van der Waals surface area contributed by atoms with E-state index in [0.717, 1.165) is 25.7 Å². The Morgan fingerprint density at radius 1 is 1.05 bits per heavy atom. The van der Waals surface area contributed by atoms with Crippen molar-refractivity contribution in [3.8, 4) is 6.07 Å². The van der Waals surface area contributed by atoms with Crippen molar-refractivity contribution in [3.63, 3.8) is 0 Å². The van der Waals surface area contributed by atoms with Gasteiger partial charge in [0.05, 0.1) is 0 Å². The Bertz CT molecular complexity index is 431. The largest absolute Gasteiger partial charge is 0.205 e. The fraction of sp³-hybridized carbons (Fsp3) is 0.562. The predicted molar refractivity (Wildman–Crippen MR) is 72.8 cm³/mol. The van der Waals surface area contributed by atoms with Crippen molar-refractivity contribution >= 4 is 0 Å². The summed E-state index contributed by atoms with van der Waals surface area (Å²) in [5.74, 6) is -0.524. The zero-order valence-corrected chi connectivity index (χ0v) is 11.8. The van der Waals surface area contributed by atoms with E-state index in [-0.39, 0.29) is 5.92 Å². The Labute approximate surface area is 114 Å². The van der Waals surface area contributed by atoms with E-state index in [1.54, 1.807) is 6.07 Å². The Balaban J connectivity index is 0.000000861. The molecule has 1 aliphatic rings. The number of rotatable bonds is 1. The molecule has 0 radical (unpaired) electrons. The van der Waals surface area contributed by atoms with Crippen LogP contribution < -0.4 is 0 Å². The standard InChI is InChI=1S/C14H15F2N.C2H6/c1-9-2-4-10(5-3-9)11-6-13(15)12(8-17)14(16)7-11;1-2/h6-7,9-10H,2-5H2,1H3;1-2H3. The lowest BCUT2D eigenvalue weighted by Gasteiger charge is -2.26. The van der Waals surface area contributed by atoms with Crippen LogP contribution in [0.2, 0.25) is 0 Å². The molecule has 0 bridgehead atoms. The van der Waals surface area contributed by atoms with Crippen LogP contribution in [0.25, 0.3) is 0 Å². The molecule has 1 aliphatic carbocycles. The summed E-state index contributed by atoms with van der Waals surface area (Å²) in [6.07, 6.45) is 4.17. The molecule has 0 N–H and O–H groups in total. The quantitative estimate of drug-likeness (QED) is 0.688. The molecule has 0 unspecified atom stereocenters. The summed E-state index contributed by atoms with van der Waals surface area (Å²) >= 11 is 0. The Morgan fingerprint density at radius 2 is 1.53 bits per heavy atom. The summed E-state index contributed by atoms with van der Waals surface area (Å²) in [7, 11) is 0. The van der Waals surface area contributed by atoms with Crippen LogP contribution in [0.15, 0.2) is 12.1 Å². The highest BCUT2D eigenvalue weighted by molar-refractivity contribution is 5.36. The first-order valence-corrected chi connectivity index (χ1v) is 7.01. The van der Waals surface area contributed by atoms with Gasteiger partial charge in [-0.1, -0.05) is 33.6 Å². The van der Waals surface area contributed by atoms with Crippen molar-refractivity contribution in [2.24, 2.45) is 5.92 Å². The van der Waals surface area contributed by atoms with Crippen molar-refractivity contribution < 1.29 is 8.78 Å². The molecular weight excluding hydrogens is 244 g/mol. The number of hydrogen-bond acceptors (Lipinski definition) is 1. The van der Waals surface area contributed by atoms with E-state index in [4.69, 9.17) is 5.26 Å². The fourth-order valence-corrected chi connectivity index (χ4v) is 2.53. The van der Waals surface area contributed by atoms with E-state index >= 15 is 0 Å². The molecule has 0 atom stereocenters. The van der Waals surface area contributed by atoms with Gasteiger partial charge in [-0.05, 0) is 42.4 Å². The van der Waals surface area contributed by atoms with Gasteiger partial charge >= 0.3 is 0 Å². The average Bonchev–Trinajstić information content (AvgIpc) is 2.41. The lowest BCUT2D eigenvalue weighted by molar-refractivity contribution is 0.346. The fourth-order valence-electron chi connectivity index (χ4n) is 2.53. The second kappa shape index (κ2) is 7.23. The SMILES string of the molecule is CC.CC1CCC(c2cc(F)c(C#N)c(F)c2)CC1. The van der Waals surface area contributed by atoms with Gasteiger partial charge in [0.2, 0.25) is 0 Å². The summed E-state index contributed by atoms with van der Waals surface area (Å²) in [5.41, 5.74) is 0.226. The number of nitrogens with zero attached hydrogens (tertiary/aromatic N) is 1. The number of halogens is 2. The minimum Gasteiger partial charge on any atom is -0.205 e. The molecule has 0 saturated heterocycles. The van der Waals surface area contributed by atoms with Crippen molar-refractivity contribution in [2.45, 2.75) is 52.4 Å². The van der Waals surface area contributed by atoms with Crippen LogP contribution in [0, 0.1) is 28.9 Å². The van der Waals surface area contributed by atoms with Gasteiger partial charge in [0.1, 0.15) is 23.3 Å². The number of nitriles is 1. The molecule has 1 nitrogen and oxygen atoms in total. The molecule has 2 rings (SSSR count). The Kier molecular flexibility index (Phi) is 5.95. The minimum absolute atomic E-state index is 0.239. The van der Waals surface area contributed by atoms with Gasteiger partial charge in [0, 0.05) is 0 Å². The van der Waals surface area contributed by atoms with Gasteiger partial charge in [-0.15, -0.1) is 0 Å². The van der Waals surface area contributed by atoms with Crippen molar-refractivity contribution in [1.82, 2.24) is 0 Å². The second-order valence-electron chi connectivity index (χ2n) is 4.93. The first-order valence-electron chi connectivity index (χ1n) is 7.01. The Morgan fingerprint density at radius 3 is 1.95 bits per heavy atom. The van der Waals surface area contributed by atoms with Crippen molar-refractivity contribution in [3.05, 3.63) is 34.9 Å². The third kappa shape index (κ3) is 3.76. The van der Waals surface area contributed by atoms with Crippen LogP contribution in [0.5, 0.6) is 0 Å². The maximum atomic E-state index is 13.5. The van der Waals surface area contributed by atoms with Crippen LogP contribution in [0.1, 0.15) is 63.5 Å². The zero-order chi connectivity index (χ0) is 14.4. The molecule has 0 aromatic heterocycles. The second-order valence-corrected chi connectivity index (χ2v) is 4.93. The lowest BCUT2D eigenvalue weighted by Crippen LogP contribution is -2.11. The van der Waals surface area contributed by atoms with Gasteiger partial charge < -0.3 is 0 Å². The highest BCUT2D eigenvalue weighted by Crippen LogP contribution is 2.36. The van der Waals surface area contributed by atoms with Crippen LogP contribution in [-0.2, 0) is 0 Å². The first kappa shape index (κ1) is 15.6.